The third-order valence-corrected chi connectivity index (χ3v) is 4.90. The molecule has 3 N–H and O–H groups in total. The average Bonchev–Trinajstić information content (AvgIpc) is 2.65. The number of amides is 2. The zero-order chi connectivity index (χ0) is 17.9. The van der Waals surface area contributed by atoms with Crippen molar-refractivity contribution in [2.45, 2.75) is 44.9 Å². The fourth-order valence-electron chi connectivity index (χ4n) is 3.44. The van der Waals surface area contributed by atoms with Crippen LogP contribution in [0.25, 0.3) is 0 Å². The number of carbonyl (C=O) groups is 2. The van der Waals surface area contributed by atoms with Crippen molar-refractivity contribution in [3.8, 4) is 0 Å². The van der Waals surface area contributed by atoms with Crippen molar-refractivity contribution in [2.24, 2.45) is 11.7 Å². The summed E-state index contributed by atoms with van der Waals surface area (Å²) >= 11 is 0. The lowest BCUT2D eigenvalue weighted by molar-refractivity contribution is -0.133. The Morgan fingerprint density at radius 2 is 1.77 bits per heavy atom. The first kappa shape index (κ1) is 22.5. The van der Waals surface area contributed by atoms with Gasteiger partial charge in [0.25, 0.3) is 0 Å². The van der Waals surface area contributed by atoms with Gasteiger partial charge in [-0.2, -0.15) is 0 Å². The van der Waals surface area contributed by atoms with E-state index in [0.717, 1.165) is 19.3 Å². The highest BCUT2D eigenvalue weighted by Crippen LogP contribution is 2.25. The molecule has 1 aliphatic rings. The first-order valence-corrected chi connectivity index (χ1v) is 9.47. The summed E-state index contributed by atoms with van der Waals surface area (Å²) in [7, 11) is 0. The predicted octanol–water partition coefficient (Wildman–Crippen LogP) is 2.52. The minimum Gasteiger partial charge on any atom is -0.347 e. The topological polar surface area (TPSA) is 75.4 Å². The normalized spacial score (nSPS) is 14.3. The summed E-state index contributed by atoms with van der Waals surface area (Å²) in [6, 6.07) is 10.1. The van der Waals surface area contributed by atoms with Gasteiger partial charge in [-0.3, -0.25) is 9.59 Å². The molecular weight excluding hydrogens is 350 g/mol. The summed E-state index contributed by atoms with van der Waals surface area (Å²) < 4.78 is 0. The van der Waals surface area contributed by atoms with Gasteiger partial charge in [0.1, 0.15) is 0 Å². The highest BCUT2D eigenvalue weighted by atomic mass is 35.5. The first-order chi connectivity index (χ1) is 12.2. The van der Waals surface area contributed by atoms with Gasteiger partial charge in [0.2, 0.25) is 11.8 Å². The van der Waals surface area contributed by atoms with Crippen molar-refractivity contribution in [1.82, 2.24) is 10.2 Å². The molecule has 2 rings (SSSR count). The van der Waals surface area contributed by atoms with E-state index in [2.05, 4.69) is 17.4 Å². The van der Waals surface area contributed by atoms with Crippen LogP contribution < -0.4 is 11.1 Å². The van der Waals surface area contributed by atoms with E-state index in [1.54, 1.807) is 4.90 Å². The van der Waals surface area contributed by atoms with Crippen LogP contribution in [-0.2, 0) is 16.0 Å². The molecule has 26 heavy (non-hydrogen) atoms. The SMILES string of the molecule is Cl.NCCN(CCc1ccccc1)C(=O)CNC(=O)CC1CCCCC1. The van der Waals surface area contributed by atoms with Gasteiger partial charge < -0.3 is 16.0 Å². The zero-order valence-electron chi connectivity index (χ0n) is 15.5. The first-order valence-electron chi connectivity index (χ1n) is 9.47. The number of hydrogen-bond donors (Lipinski definition) is 2. The molecule has 0 heterocycles. The van der Waals surface area contributed by atoms with Crippen molar-refractivity contribution in [2.75, 3.05) is 26.2 Å². The molecule has 0 spiro atoms. The van der Waals surface area contributed by atoms with Crippen molar-refractivity contribution in [3.63, 3.8) is 0 Å². The Labute approximate surface area is 163 Å². The molecule has 0 aliphatic heterocycles. The van der Waals surface area contributed by atoms with Gasteiger partial charge in [-0.05, 0) is 30.7 Å². The maximum Gasteiger partial charge on any atom is 0.242 e. The fraction of sp³-hybridized carbons (Fsp3) is 0.600. The number of nitrogens with zero attached hydrogens (tertiary/aromatic N) is 1. The molecule has 1 aromatic carbocycles. The lowest BCUT2D eigenvalue weighted by atomic mass is 9.87. The molecule has 1 aliphatic carbocycles. The minimum atomic E-state index is -0.0571. The Hall–Kier alpha value is -1.59. The predicted molar refractivity (Wildman–Crippen MR) is 107 cm³/mol. The van der Waals surface area contributed by atoms with Gasteiger partial charge in [-0.1, -0.05) is 49.6 Å². The molecule has 6 heteroatoms. The summed E-state index contributed by atoms with van der Waals surface area (Å²) in [6.45, 7) is 1.64. The second-order valence-electron chi connectivity index (χ2n) is 6.89. The molecular formula is C20H32ClN3O2. The molecule has 146 valence electrons. The van der Waals surface area contributed by atoms with Crippen LogP contribution in [0, 0.1) is 5.92 Å². The number of nitrogens with two attached hydrogens (primary N) is 1. The van der Waals surface area contributed by atoms with E-state index in [1.807, 2.05) is 18.2 Å². The van der Waals surface area contributed by atoms with E-state index in [4.69, 9.17) is 5.73 Å². The summed E-state index contributed by atoms with van der Waals surface area (Å²) in [5, 5.41) is 2.80. The Bertz CT molecular complexity index is 533. The van der Waals surface area contributed by atoms with E-state index in [1.165, 1.54) is 24.8 Å². The lowest BCUT2D eigenvalue weighted by Crippen LogP contribution is -2.43. The number of hydrogen-bond acceptors (Lipinski definition) is 3. The molecule has 1 fully saturated rings. The van der Waals surface area contributed by atoms with E-state index < -0.39 is 0 Å². The molecule has 0 bridgehead atoms. The van der Waals surface area contributed by atoms with Crippen LogP contribution in [0.1, 0.15) is 44.1 Å². The fourth-order valence-corrected chi connectivity index (χ4v) is 3.44. The minimum absolute atomic E-state index is 0. The summed E-state index contributed by atoms with van der Waals surface area (Å²) in [4.78, 5) is 26.2. The third kappa shape index (κ3) is 8.19. The summed E-state index contributed by atoms with van der Waals surface area (Å²) in [6.07, 6.45) is 7.35. The van der Waals surface area contributed by atoms with Gasteiger partial charge in [0, 0.05) is 26.1 Å². The largest absolute Gasteiger partial charge is 0.347 e. The standard InChI is InChI=1S/C20H31N3O2.ClH/c21-12-14-23(13-11-17-7-3-1-4-8-17)20(25)16-22-19(24)15-18-9-5-2-6-10-18;/h1,3-4,7-8,18H,2,5-6,9-16,21H2,(H,22,24);1H. The molecule has 0 radical (unpaired) electrons. The van der Waals surface area contributed by atoms with Crippen molar-refractivity contribution in [1.29, 1.82) is 0 Å². The molecule has 0 aromatic heterocycles. The Morgan fingerprint density at radius 1 is 1.08 bits per heavy atom. The van der Waals surface area contributed by atoms with E-state index >= 15 is 0 Å². The van der Waals surface area contributed by atoms with Crippen LogP contribution in [0.3, 0.4) is 0 Å². The number of benzene rings is 1. The molecule has 5 nitrogen and oxygen atoms in total. The van der Waals surface area contributed by atoms with Gasteiger partial charge in [0.15, 0.2) is 0 Å². The lowest BCUT2D eigenvalue weighted by Gasteiger charge is -2.23. The average molecular weight is 382 g/mol. The van der Waals surface area contributed by atoms with Crippen LogP contribution in [0.2, 0.25) is 0 Å². The van der Waals surface area contributed by atoms with Gasteiger partial charge in [-0.25, -0.2) is 0 Å². The number of rotatable bonds is 9. The van der Waals surface area contributed by atoms with Crippen LogP contribution in [-0.4, -0.2) is 42.9 Å². The molecule has 0 atom stereocenters. The third-order valence-electron chi connectivity index (χ3n) is 4.90. The van der Waals surface area contributed by atoms with Crippen LogP contribution in [0.15, 0.2) is 30.3 Å². The van der Waals surface area contributed by atoms with Crippen molar-refractivity contribution < 1.29 is 9.59 Å². The maximum atomic E-state index is 12.4. The van der Waals surface area contributed by atoms with Crippen LogP contribution >= 0.6 is 12.4 Å². The number of nitrogens with one attached hydrogen (secondary N) is 1. The smallest absolute Gasteiger partial charge is 0.242 e. The second kappa shape index (κ2) is 12.7. The Morgan fingerprint density at radius 3 is 2.42 bits per heavy atom. The Balaban J connectivity index is 0.00000338. The van der Waals surface area contributed by atoms with Crippen molar-refractivity contribution >= 4 is 24.2 Å². The summed E-state index contributed by atoms with van der Waals surface area (Å²) in [5.74, 6) is 0.427. The van der Waals surface area contributed by atoms with Gasteiger partial charge in [-0.15, -0.1) is 12.4 Å². The molecule has 0 saturated heterocycles. The van der Waals surface area contributed by atoms with Gasteiger partial charge in [0.05, 0.1) is 6.54 Å². The molecule has 1 saturated carbocycles. The highest BCUT2D eigenvalue weighted by molar-refractivity contribution is 5.85. The van der Waals surface area contributed by atoms with Crippen LogP contribution in [0.4, 0.5) is 0 Å². The van der Waals surface area contributed by atoms with Crippen LogP contribution in [0.5, 0.6) is 0 Å². The monoisotopic (exact) mass is 381 g/mol. The maximum absolute atomic E-state index is 12.4. The quantitative estimate of drug-likeness (QED) is 0.690. The Kier molecular flexibility index (Phi) is 11.0. The highest BCUT2D eigenvalue weighted by Gasteiger charge is 2.18. The summed E-state index contributed by atoms with van der Waals surface area (Å²) in [5.41, 5.74) is 6.83. The molecule has 0 unspecified atom stereocenters. The molecule has 1 aromatic rings. The van der Waals surface area contributed by atoms with Crippen molar-refractivity contribution in [3.05, 3.63) is 35.9 Å². The van der Waals surface area contributed by atoms with E-state index in [-0.39, 0.29) is 30.8 Å². The van der Waals surface area contributed by atoms with Gasteiger partial charge >= 0.3 is 0 Å². The second-order valence-corrected chi connectivity index (χ2v) is 6.89. The zero-order valence-corrected chi connectivity index (χ0v) is 16.3. The van der Waals surface area contributed by atoms with E-state index in [9.17, 15) is 9.59 Å². The van der Waals surface area contributed by atoms with E-state index in [0.29, 0.717) is 32.0 Å². The molecule has 2 amide bonds. The number of halogens is 1. The number of carbonyl (C=O) groups excluding carboxylic acids is 2.